The molecule has 176 valence electrons. The Morgan fingerprint density at radius 2 is 2.15 bits per heavy atom. The summed E-state index contributed by atoms with van der Waals surface area (Å²) in [4.78, 5) is 34.7. The Bertz CT molecular complexity index is 1360. The first-order valence-corrected chi connectivity index (χ1v) is 10.6. The summed E-state index contributed by atoms with van der Waals surface area (Å²) in [7, 11) is 3.14. The van der Waals surface area contributed by atoms with Gasteiger partial charge in [-0.1, -0.05) is 0 Å². The summed E-state index contributed by atoms with van der Waals surface area (Å²) in [5, 5.41) is 21.3. The third kappa shape index (κ3) is 3.84. The van der Waals surface area contributed by atoms with Crippen molar-refractivity contribution in [3.05, 3.63) is 30.2 Å². The Hall–Kier alpha value is -4.29. The van der Waals surface area contributed by atoms with Gasteiger partial charge in [0.25, 0.3) is 5.91 Å². The van der Waals surface area contributed by atoms with E-state index in [-0.39, 0.29) is 35.1 Å². The normalized spacial score (nSPS) is 17.2. The molecule has 1 aliphatic heterocycles. The van der Waals surface area contributed by atoms with Crippen molar-refractivity contribution >= 4 is 29.3 Å². The Labute approximate surface area is 199 Å². The minimum atomic E-state index is -2.74. The van der Waals surface area contributed by atoms with Crippen LogP contribution in [0, 0.1) is 0 Å². The molecule has 2 N–H and O–H groups in total. The monoisotopic (exact) mass is 467 g/mol. The van der Waals surface area contributed by atoms with Crippen LogP contribution < -0.4 is 20.3 Å². The molecule has 0 spiro atoms. The highest BCUT2D eigenvalue weighted by Gasteiger charge is 2.40. The summed E-state index contributed by atoms with van der Waals surface area (Å²) in [6.45, 7) is -1.77. The third-order valence-corrected chi connectivity index (χ3v) is 5.65. The van der Waals surface area contributed by atoms with Gasteiger partial charge in [0.15, 0.2) is 23.1 Å². The van der Waals surface area contributed by atoms with Gasteiger partial charge in [-0.15, -0.1) is 10.2 Å². The van der Waals surface area contributed by atoms with E-state index in [0.29, 0.717) is 30.1 Å². The molecule has 2 fully saturated rings. The van der Waals surface area contributed by atoms with Crippen molar-refractivity contribution in [3.8, 4) is 17.0 Å². The van der Waals surface area contributed by atoms with Crippen LogP contribution in [0.1, 0.15) is 27.4 Å². The zero-order valence-electron chi connectivity index (χ0n) is 21.5. The van der Waals surface area contributed by atoms with Gasteiger partial charge in [0.1, 0.15) is 5.69 Å². The highest BCUT2D eigenvalue weighted by atomic mass is 16.5. The Morgan fingerprint density at radius 1 is 1.29 bits per heavy atom. The van der Waals surface area contributed by atoms with Crippen LogP contribution >= 0.6 is 0 Å². The van der Waals surface area contributed by atoms with Crippen LogP contribution in [0.15, 0.2) is 24.5 Å². The second-order valence-electron chi connectivity index (χ2n) is 7.86. The first-order chi connectivity index (χ1) is 17.6. The van der Waals surface area contributed by atoms with Crippen molar-refractivity contribution in [2.75, 3.05) is 37.4 Å². The van der Waals surface area contributed by atoms with Gasteiger partial charge in [0.2, 0.25) is 0 Å². The van der Waals surface area contributed by atoms with Crippen LogP contribution in [0.5, 0.6) is 5.75 Å². The molecule has 3 amide bonds. The van der Waals surface area contributed by atoms with Gasteiger partial charge in [0, 0.05) is 49.5 Å². The lowest BCUT2D eigenvalue weighted by Gasteiger charge is -2.19. The van der Waals surface area contributed by atoms with Gasteiger partial charge in [-0.3, -0.25) is 9.69 Å². The number of carbonyl (C=O) groups is 2. The fourth-order valence-electron chi connectivity index (χ4n) is 3.87. The molecule has 13 heteroatoms. The second-order valence-corrected chi connectivity index (χ2v) is 7.86. The van der Waals surface area contributed by atoms with E-state index < -0.39 is 12.9 Å². The topological polar surface area (TPSA) is 143 Å². The highest BCUT2D eigenvalue weighted by molar-refractivity contribution is 6.00. The van der Waals surface area contributed by atoms with Gasteiger partial charge in [0.05, 0.1) is 24.6 Å². The summed E-state index contributed by atoms with van der Waals surface area (Å²) in [6, 6.07) is 3.21. The predicted molar refractivity (Wildman–Crippen MR) is 122 cm³/mol. The average Bonchev–Trinajstić information content (AvgIpc) is 3.47. The molecule has 0 radical (unpaired) electrons. The van der Waals surface area contributed by atoms with Crippen molar-refractivity contribution in [2.45, 2.75) is 18.9 Å². The van der Waals surface area contributed by atoms with Crippen LogP contribution in [0.25, 0.3) is 11.3 Å². The smallest absolute Gasteiger partial charge is 0.326 e. The molecule has 3 aromatic heterocycles. The first-order valence-electron chi connectivity index (χ1n) is 12.1. The van der Waals surface area contributed by atoms with Crippen LogP contribution in [-0.2, 0) is 7.05 Å². The maximum absolute atomic E-state index is 12.9. The fourth-order valence-corrected chi connectivity index (χ4v) is 3.87. The SMILES string of the molecule is [2H]C([2H])([2H])NC(=O)c1nnc(N2CCN(C3CC3)C2=O)cc1Nc1nccc(-c2cnn(C)n2)c1OC. The van der Waals surface area contributed by atoms with E-state index in [2.05, 4.69) is 30.7 Å². The van der Waals surface area contributed by atoms with Crippen molar-refractivity contribution in [1.29, 1.82) is 0 Å². The Kier molecular flexibility index (Phi) is 4.58. The summed E-state index contributed by atoms with van der Waals surface area (Å²) < 4.78 is 27.8. The van der Waals surface area contributed by atoms with Crippen molar-refractivity contribution < 1.29 is 18.4 Å². The summed E-state index contributed by atoms with van der Waals surface area (Å²) in [5.41, 5.74) is 0.908. The van der Waals surface area contributed by atoms with Gasteiger partial charge in [-0.05, 0) is 18.9 Å². The molecule has 1 saturated carbocycles. The first kappa shape index (κ1) is 18.2. The lowest BCUT2D eigenvalue weighted by molar-refractivity contribution is 0.0958. The number of amides is 3. The predicted octanol–water partition coefficient (Wildman–Crippen LogP) is 1.18. The number of ether oxygens (including phenoxy) is 1. The number of hydrogen-bond acceptors (Lipinski definition) is 9. The molecule has 4 heterocycles. The maximum atomic E-state index is 12.9. The zero-order valence-corrected chi connectivity index (χ0v) is 18.5. The largest absolute Gasteiger partial charge is 0.492 e. The number of pyridine rings is 1. The van der Waals surface area contributed by atoms with Gasteiger partial charge < -0.3 is 20.3 Å². The summed E-state index contributed by atoms with van der Waals surface area (Å²) in [6.07, 6.45) is 5.03. The molecule has 0 atom stereocenters. The van der Waals surface area contributed by atoms with Crippen molar-refractivity contribution in [3.63, 3.8) is 0 Å². The van der Waals surface area contributed by atoms with Crippen LogP contribution in [0.2, 0.25) is 0 Å². The minimum Gasteiger partial charge on any atom is -0.492 e. The quantitative estimate of drug-likeness (QED) is 0.523. The fraction of sp³-hybridized carbons (Fsp3) is 0.381. The van der Waals surface area contributed by atoms with E-state index in [1.165, 1.54) is 29.1 Å². The molecule has 3 aromatic rings. The van der Waals surface area contributed by atoms with Crippen LogP contribution in [-0.4, -0.2) is 80.2 Å². The number of aryl methyl sites for hydroxylation is 1. The molecule has 0 unspecified atom stereocenters. The number of aromatic nitrogens is 6. The Morgan fingerprint density at radius 3 is 2.85 bits per heavy atom. The second kappa shape index (κ2) is 8.57. The number of hydrogen-bond donors (Lipinski definition) is 2. The number of methoxy groups -OCH3 is 1. The maximum Gasteiger partial charge on any atom is 0.326 e. The number of nitrogens with zero attached hydrogens (tertiary/aromatic N) is 8. The molecule has 0 bridgehead atoms. The lowest BCUT2D eigenvalue weighted by atomic mass is 10.2. The highest BCUT2D eigenvalue weighted by Crippen LogP contribution is 2.36. The number of carbonyl (C=O) groups excluding carboxylic acids is 2. The van der Waals surface area contributed by atoms with Crippen molar-refractivity contribution in [1.82, 2.24) is 40.4 Å². The van der Waals surface area contributed by atoms with Crippen molar-refractivity contribution in [2.24, 2.45) is 7.05 Å². The van der Waals surface area contributed by atoms with Crippen LogP contribution in [0.4, 0.5) is 22.1 Å². The molecule has 1 saturated heterocycles. The number of nitrogens with one attached hydrogen (secondary N) is 2. The van der Waals surface area contributed by atoms with E-state index in [9.17, 15) is 9.59 Å². The van der Waals surface area contributed by atoms with E-state index in [4.69, 9.17) is 8.85 Å². The average molecular weight is 468 g/mol. The van der Waals surface area contributed by atoms with Crippen LogP contribution in [0.3, 0.4) is 0 Å². The summed E-state index contributed by atoms with van der Waals surface area (Å²) in [5.74, 6) is -0.247. The standard InChI is InChI=1S/C21H24N10O3/c1-22-20(32)17-14(10-16(26-27-17)31-9-8-30(21(31)33)12-4-5-12)25-19-18(34-3)13(6-7-23-19)15-11-24-29(2)28-15/h6-7,10-12H,4-5,8-9H2,1-3H3,(H,22,32)(H,23,25,26)/i1D3. The van der Waals surface area contributed by atoms with E-state index >= 15 is 0 Å². The Balaban J connectivity index is 1.53. The molecule has 5 rings (SSSR count). The molecule has 34 heavy (non-hydrogen) atoms. The molecule has 1 aliphatic carbocycles. The van der Waals surface area contributed by atoms with Gasteiger partial charge in [-0.25, -0.2) is 9.78 Å². The molecule has 0 aromatic carbocycles. The molecule has 13 nitrogen and oxygen atoms in total. The van der Waals surface area contributed by atoms with E-state index in [1.807, 2.05) is 5.32 Å². The number of anilines is 3. The molecular formula is C21H24N10O3. The summed E-state index contributed by atoms with van der Waals surface area (Å²) >= 11 is 0. The molecular weight excluding hydrogens is 440 g/mol. The lowest BCUT2D eigenvalue weighted by Crippen LogP contribution is -2.34. The van der Waals surface area contributed by atoms with Gasteiger partial charge >= 0.3 is 6.03 Å². The number of rotatable bonds is 7. The van der Waals surface area contributed by atoms with E-state index in [1.54, 1.807) is 24.2 Å². The minimum absolute atomic E-state index is 0.0894. The van der Waals surface area contributed by atoms with Gasteiger partial charge in [-0.2, -0.15) is 15.0 Å². The number of urea groups is 1. The molecule has 2 aliphatic rings. The van der Waals surface area contributed by atoms with E-state index in [0.717, 1.165) is 12.8 Å². The third-order valence-electron chi connectivity index (χ3n) is 5.65. The zero-order chi connectivity index (χ0) is 26.3.